The van der Waals surface area contributed by atoms with Crippen molar-refractivity contribution in [2.24, 2.45) is 0 Å². The van der Waals surface area contributed by atoms with Gasteiger partial charge < -0.3 is 0 Å². The maximum atomic E-state index is 8.59. The van der Waals surface area contributed by atoms with Gasteiger partial charge >= 0.3 is 58.1 Å². The predicted octanol–water partition coefficient (Wildman–Crippen LogP) is 0.876. The first-order valence-electron chi connectivity index (χ1n) is 2.97. The molecule has 0 amide bonds. The van der Waals surface area contributed by atoms with Crippen molar-refractivity contribution in [3.8, 4) is 6.07 Å². The molecule has 0 N–H and O–H groups in total. The van der Waals surface area contributed by atoms with Gasteiger partial charge in [0.05, 0.1) is 0 Å². The van der Waals surface area contributed by atoms with Gasteiger partial charge in [-0.25, -0.2) is 0 Å². The van der Waals surface area contributed by atoms with E-state index in [1.54, 1.807) is 16.9 Å². The Labute approximate surface area is 58.6 Å². The van der Waals surface area contributed by atoms with Crippen LogP contribution in [0.4, 0.5) is 0 Å². The summed E-state index contributed by atoms with van der Waals surface area (Å²) in [7, 11) is 0. The Balaban J connectivity index is 2.56. The van der Waals surface area contributed by atoms with Crippen molar-refractivity contribution in [2.75, 3.05) is 0 Å². The second-order valence-electron chi connectivity index (χ2n) is 2.48. The van der Waals surface area contributed by atoms with E-state index in [1.165, 1.54) is 12.8 Å². The zero-order valence-electron chi connectivity index (χ0n) is 4.85. The van der Waals surface area contributed by atoms with E-state index >= 15 is 0 Å². The van der Waals surface area contributed by atoms with Crippen LogP contribution < -0.4 is 0 Å². The minimum atomic E-state index is 0.104. The van der Waals surface area contributed by atoms with Gasteiger partial charge in [0.25, 0.3) is 0 Å². The van der Waals surface area contributed by atoms with Crippen LogP contribution in [0.3, 0.4) is 0 Å². The summed E-state index contributed by atoms with van der Waals surface area (Å²) in [5, 5.41) is 8.59. The molecule has 0 spiro atoms. The maximum absolute atomic E-state index is 8.59. The van der Waals surface area contributed by atoms with Gasteiger partial charge in [-0.05, 0) is 0 Å². The fourth-order valence-electron chi connectivity index (χ4n) is 1.12. The Hall–Kier alpha value is 0.0484. The molecule has 0 bridgehead atoms. The Kier molecular flexibility index (Phi) is 1.63. The normalized spacial score (nSPS) is 25.0. The van der Waals surface area contributed by atoms with Crippen molar-refractivity contribution in [1.82, 2.24) is 0 Å². The zero-order chi connectivity index (χ0) is 6.04. The van der Waals surface area contributed by atoms with Crippen LogP contribution in [0, 0.1) is 11.3 Å². The zero-order valence-corrected chi connectivity index (χ0v) is 7.28. The van der Waals surface area contributed by atoms with E-state index in [-0.39, 0.29) is 4.20 Å². The van der Waals surface area contributed by atoms with Crippen LogP contribution in [0.25, 0.3) is 0 Å². The standard InChI is InChI=1S/C6H10AsN/c7-6(5-8)3-1-2-4-6/h1-4,7H2. The van der Waals surface area contributed by atoms with Crippen molar-refractivity contribution in [3.05, 3.63) is 0 Å². The summed E-state index contributed by atoms with van der Waals surface area (Å²) in [5.74, 6) is 0. The first-order chi connectivity index (χ1) is 3.77. The van der Waals surface area contributed by atoms with Gasteiger partial charge in [-0.15, -0.1) is 0 Å². The Morgan fingerprint density at radius 3 is 2.12 bits per heavy atom. The molecule has 1 unspecified atom stereocenters. The number of hydrogen-bond acceptors (Lipinski definition) is 1. The molecule has 1 saturated carbocycles. The summed E-state index contributed by atoms with van der Waals surface area (Å²) in [5.41, 5.74) is 0. The van der Waals surface area contributed by atoms with Gasteiger partial charge in [-0.2, -0.15) is 0 Å². The van der Waals surface area contributed by atoms with E-state index in [0.29, 0.717) is 0 Å². The third-order valence-corrected chi connectivity index (χ3v) is 3.20. The molecule has 1 aliphatic rings. The van der Waals surface area contributed by atoms with Gasteiger partial charge in [0.1, 0.15) is 0 Å². The van der Waals surface area contributed by atoms with E-state index in [9.17, 15) is 0 Å². The van der Waals surface area contributed by atoms with E-state index in [2.05, 4.69) is 6.07 Å². The fourth-order valence-corrected chi connectivity index (χ4v) is 1.97. The molecule has 1 fully saturated rings. The quantitative estimate of drug-likeness (QED) is 0.496. The summed E-state index contributed by atoms with van der Waals surface area (Å²) < 4.78 is 0.104. The molecule has 1 aliphatic carbocycles. The molecule has 0 saturated heterocycles. The third kappa shape index (κ3) is 1.06. The summed E-state index contributed by atoms with van der Waals surface area (Å²) in [6, 6.07) is 2.37. The van der Waals surface area contributed by atoms with Gasteiger partial charge in [0, 0.05) is 0 Å². The SMILES string of the molecule is N#CC1([AsH2])CCCC1. The fraction of sp³-hybridized carbons (Fsp3) is 0.833. The average Bonchev–Trinajstić information content (AvgIpc) is 2.17. The first-order valence-corrected chi connectivity index (χ1v) is 4.18. The number of rotatable bonds is 0. The van der Waals surface area contributed by atoms with Crippen LogP contribution in [-0.4, -0.2) is 16.9 Å². The number of hydrogen-bond donors (Lipinski definition) is 0. The molecule has 44 valence electrons. The molecule has 0 aromatic heterocycles. The summed E-state index contributed by atoms with van der Waals surface area (Å²) >= 11 is 1.61. The van der Waals surface area contributed by atoms with Gasteiger partial charge in [-0.1, -0.05) is 0 Å². The Bertz CT molecular complexity index is 119. The predicted molar refractivity (Wildman–Crippen MR) is 35.3 cm³/mol. The molecule has 1 rings (SSSR count). The van der Waals surface area contributed by atoms with Crippen LogP contribution in [0.15, 0.2) is 0 Å². The number of nitrogens with zero attached hydrogens (tertiary/aromatic N) is 1. The molecule has 2 heteroatoms. The van der Waals surface area contributed by atoms with Gasteiger partial charge in [0.2, 0.25) is 0 Å². The molecular weight excluding hydrogens is 161 g/mol. The van der Waals surface area contributed by atoms with Gasteiger partial charge in [-0.3, -0.25) is 0 Å². The van der Waals surface area contributed by atoms with Crippen LogP contribution in [-0.2, 0) is 0 Å². The summed E-state index contributed by atoms with van der Waals surface area (Å²) in [6.07, 6.45) is 4.82. The average molecular weight is 171 g/mol. The van der Waals surface area contributed by atoms with Crippen molar-refractivity contribution in [3.63, 3.8) is 0 Å². The molecule has 0 aromatic carbocycles. The molecule has 0 radical (unpaired) electrons. The van der Waals surface area contributed by atoms with E-state index < -0.39 is 0 Å². The molecule has 0 aliphatic heterocycles. The van der Waals surface area contributed by atoms with E-state index in [0.717, 1.165) is 12.8 Å². The van der Waals surface area contributed by atoms with Crippen LogP contribution in [0.5, 0.6) is 0 Å². The first kappa shape index (κ1) is 6.17. The van der Waals surface area contributed by atoms with E-state index in [1.807, 2.05) is 0 Å². The Morgan fingerprint density at radius 2 is 1.88 bits per heavy atom. The topological polar surface area (TPSA) is 23.8 Å². The van der Waals surface area contributed by atoms with Crippen LogP contribution in [0.2, 0.25) is 4.20 Å². The molecule has 8 heavy (non-hydrogen) atoms. The minimum absolute atomic E-state index is 0.104. The van der Waals surface area contributed by atoms with Crippen molar-refractivity contribution >= 4 is 16.9 Å². The molecule has 1 atom stereocenters. The van der Waals surface area contributed by atoms with Crippen molar-refractivity contribution in [2.45, 2.75) is 29.9 Å². The molecular formula is C6H10AsN. The molecule has 0 heterocycles. The third-order valence-electron chi connectivity index (χ3n) is 1.72. The molecule has 1 nitrogen and oxygen atoms in total. The number of nitriles is 1. The van der Waals surface area contributed by atoms with Crippen LogP contribution >= 0.6 is 0 Å². The second-order valence-corrected chi connectivity index (χ2v) is 4.79. The summed E-state index contributed by atoms with van der Waals surface area (Å²) in [6.45, 7) is 0. The summed E-state index contributed by atoms with van der Waals surface area (Å²) in [4.78, 5) is 0. The van der Waals surface area contributed by atoms with Crippen LogP contribution in [0.1, 0.15) is 25.7 Å². The van der Waals surface area contributed by atoms with E-state index in [4.69, 9.17) is 5.26 Å². The van der Waals surface area contributed by atoms with Crippen molar-refractivity contribution in [1.29, 1.82) is 5.26 Å². The van der Waals surface area contributed by atoms with Gasteiger partial charge in [0.15, 0.2) is 0 Å². The second kappa shape index (κ2) is 2.11. The Morgan fingerprint density at radius 1 is 1.38 bits per heavy atom. The monoisotopic (exact) mass is 171 g/mol. The molecule has 0 aromatic rings. The van der Waals surface area contributed by atoms with Crippen molar-refractivity contribution < 1.29 is 0 Å².